The van der Waals surface area contributed by atoms with Gasteiger partial charge in [-0.05, 0) is 50.0 Å². The van der Waals surface area contributed by atoms with Crippen molar-refractivity contribution in [3.05, 3.63) is 40.8 Å². The monoisotopic (exact) mass is 281 g/mol. The summed E-state index contributed by atoms with van der Waals surface area (Å²) in [5, 5.41) is 11.6. The van der Waals surface area contributed by atoms with E-state index in [9.17, 15) is 9.18 Å². The van der Waals surface area contributed by atoms with Gasteiger partial charge in [0, 0.05) is 7.05 Å². The van der Waals surface area contributed by atoms with Crippen molar-refractivity contribution >= 4 is 5.97 Å². The van der Waals surface area contributed by atoms with Crippen LogP contribution < -0.4 is 10.1 Å². The zero-order chi connectivity index (χ0) is 15.1. The molecule has 0 spiro atoms. The van der Waals surface area contributed by atoms with Crippen LogP contribution in [0.25, 0.3) is 0 Å². The molecule has 0 unspecified atom stereocenters. The minimum Gasteiger partial charge on any atom is -0.491 e. The number of allylic oxidation sites excluding steroid dienone is 1. The number of hydrogen-bond donors (Lipinski definition) is 2. The number of likely N-dealkylation sites (N-methyl/N-ethyl adjacent to an activating group) is 1. The number of aryl methyl sites for hydroxylation is 1. The Morgan fingerprint density at radius 2 is 2.15 bits per heavy atom. The van der Waals surface area contributed by atoms with Gasteiger partial charge in [0.05, 0.1) is 6.61 Å². The molecule has 0 amide bonds. The van der Waals surface area contributed by atoms with Crippen LogP contribution in [0, 0.1) is 12.7 Å². The van der Waals surface area contributed by atoms with Crippen LogP contribution in [0.1, 0.15) is 25.3 Å². The highest BCUT2D eigenvalue weighted by Gasteiger charge is 2.09. The number of carbonyl (C=O) groups is 1. The van der Waals surface area contributed by atoms with E-state index in [2.05, 4.69) is 5.32 Å². The minimum atomic E-state index is -0.976. The van der Waals surface area contributed by atoms with Crippen molar-refractivity contribution in [2.45, 2.75) is 26.7 Å². The van der Waals surface area contributed by atoms with Crippen LogP contribution in [0.2, 0.25) is 0 Å². The van der Waals surface area contributed by atoms with Crippen LogP contribution in [-0.2, 0) is 4.79 Å². The molecule has 0 bridgehead atoms. The lowest BCUT2D eigenvalue weighted by atomic mass is 10.1. The van der Waals surface area contributed by atoms with E-state index in [-0.39, 0.29) is 17.3 Å². The molecule has 5 heteroatoms. The summed E-state index contributed by atoms with van der Waals surface area (Å²) < 4.78 is 18.9. The van der Waals surface area contributed by atoms with E-state index in [1.54, 1.807) is 26.1 Å². The summed E-state index contributed by atoms with van der Waals surface area (Å²) in [7, 11) is 1.57. The van der Waals surface area contributed by atoms with Crippen molar-refractivity contribution in [2.24, 2.45) is 0 Å². The maximum atomic E-state index is 13.5. The molecule has 4 nitrogen and oxygen atoms in total. The highest BCUT2D eigenvalue weighted by molar-refractivity contribution is 5.86. The molecule has 0 aliphatic rings. The lowest BCUT2D eigenvalue weighted by Gasteiger charge is -2.10. The topological polar surface area (TPSA) is 58.6 Å². The van der Waals surface area contributed by atoms with E-state index in [0.717, 1.165) is 11.1 Å². The number of carboxylic acid groups (broad SMARTS) is 1. The van der Waals surface area contributed by atoms with Gasteiger partial charge in [-0.15, -0.1) is 0 Å². The summed E-state index contributed by atoms with van der Waals surface area (Å²) in [5.41, 5.74) is 1.79. The first kappa shape index (κ1) is 16.0. The van der Waals surface area contributed by atoms with Gasteiger partial charge >= 0.3 is 5.97 Å². The second-order valence-corrected chi connectivity index (χ2v) is 4.60. The molecule has 1 aromatic carbocycles. The summed E-state index contributed by atoms with van der Waals surface area (Å²) in [5.74, 6) is -1.13. The highest BCUT2D eigenvalue weighted by atomic mass is 19.1. The molecule has 0 aliphatic heterocycles. The molecule has 1 aromatic rings. The Morgan fingerprint density at radius 3 is 2.70 bits per heavy atom. The van der Waals surface area contributed by atoms with E-state index in [1.807, 2.05) is 6.92 Å². The third-order valence-electron chi connectivity index (χ3n) is 2.93. The Hall–Kier alpha value is -2.04. The molecule has 0 radical (unpaired) electrons. The van der Waals surface area contributed by atoms with Crippen molar-refractivity contribution in [3.63, 3.8) is 0 Å². The van der Waals surface area contributed by atoms with Crippen LogP contribution in [0.4, 0.5) is 4.39 Å². The second-order valence-electron chi connectivity index (χ2n) is 4.60. The van der Waals surface area contributed by atoms with E-state index in [0.29, 0.717) is 19.4 Å². The Bertz CT molecular complexity index is 512. The number of ether oxygens (including phenoxy) is 1. The Labute approximate surface area is 118 Å². The molecule has 0 aliphatic carbocycles. The van der Waals surface area contributed by atoms with Gasteiger partial charge in [-0.1, -0.05) is 6.07 Å². The van der Waals surface area contributed by atoms with Gasteiger partial charge in [0.15, 0.2) is 11.6 Å². The van der Waals surface area contributed by atoms with Crippen LogP contribution in [-0.4, -0.2) is 24.7 Å². The molecule has 2 N–H and O–H groups in total. The molecule has 1 rings (SSSR count). The van der Waals surface area contributed by atoms with Crippen LogP contribution in [0.15, 0.2) is 29.5 Å². The fraction of sp³-hybridized carbons (Fsp3) is 0.400. The third-order valence-corrected chi connectivity index (χ3v) is 2.93. The number of rotatable bonds is 7. The van der Waals surface area contributed by atoms with Crippen molar-refractivity contribution in [1.29, 1.82) is 0 Å². The van der Waals surface area contributed by atoms with Gasteiger partial charge < -0.3 is 15.2 Å². The summed E-state index contributed by atoms with van der Waals surface area (Å²) in [6.45, 7) is 3.91. The van der Waals surface area contributed by atoms with E-state index < -0.39 is 5.97 Å². The predicted octanol–water partition coefficient (Wildman–Crippen LogP) is 2.87. The van der Waals surface area contributed by atoms with Gasteiger partial charge in [-0.25, -0.2) is 9.18 Å². The largest absolute Gasteiger partial charge is 0.491 e. The third kappa shape index (κ3) is 4.57. The number of carboxylic acids is 1. The lowest BCUT2D eigenvalue weighted by molar-refractivity contribution is -0.133. The smallest absolute Gasteiger partial charge is 0.351 e. The van der Waals surface area contributed by atoms with Crippen molar-refractivity contribution < 1.29 is 19.0 Å². The molecule has 110 valence electrons. The summed E-state index contributed by atoms with van der Waals surface area (Å²) in [6, 6.07) is 4.81. The zero-order valence-corrected chi connectivity index (χ0v) is 12.0. The maximum absolute atomic E-state index is 13.5. The normalized spacial score (nSPS) is 11.8. The number of nitrogens with one attached hydrogen (secondary N) is 1. The quantitative estimate of drug-likeness (QED) is 0.596. The standard InChI is InChI=1S/C15H20FNO3/c1-10-6-7-13(12(16)9-10)20-8-4-5-11(2)14(17-3)15(18)19/h6-7,9,17H,4-5,8H2,1-3H3,(H,18,19)/b14-11+. The minimum absolute atomic E-state index is 0.200. The zero-order valence-electron chi connectivity index (χ0n) is 12.0. The molecule has 0 atom stereocenters. The Morgan fingerprint density at radius 1 is 1.45 bits per heavy atom. The lowest BCUT2D eigenvalue weighted by Crippen LogP contribution is -2.17. The fourth-order valence-electron chi connectivity index (χ4n) is 1.87. The summed E-state index contributed by atoms with van der Waals surface area (Å²) >= 11 is 0. The van der Waals surface area contributed by atoms with E-state index in [1.165, 1.54) is 6.07 Å². The van der Waals surface area contributed by atoms with Crippen molar-refractivity contribution in [3.8, 4) is 5.75 Å². The first-order valence-corrected chi connectivity index (χ1v) is 6.45. The molecule has 0 saturated carbocycles. The summed E-state index contributed by atoms with van der Waals surface area (Å²) in [4.78, 5) is 10.9. The second kappa shape index (κ2) is 7.53. The van der Waals surface area contributed by atoms with Crippen LogP contribution in [0.5, 0.6) is 5.75 Å². The molecular formula is C15H20FNO3. The molecular weight excluding hydrogens is 261 g/mol. The number of halogens is 1. The van der Waals surface area contributed by atoms with E-state index >= 15 is 0 Å². The number of hydrogen-bond acceptors (Lipinski definition) is 3. The molecule has 0 saturated heterocycles. The molecule has 20 heavy (non-hydrogen) atoms. The Balaban J connectivity index is 2.47. The number of aliphatic carboxylic acids is 1. The van der Waals surface area contributed by atoms with Gasteiger partial charge in [-0.2, -0.15) is 0 Å². The van der Waals surface area contributed by atoms with Gasteiger partial charge in [0.25, 0.3) is 0 Å². The molecule has 0 aromatic heterocycles. The number of benzene rings is 1. The van der Waals surface area contributed by atoms with Crippen LogP contribution >= 0.6 is 0 Å². The fourth-order valence-corrected chi connectivity index (χ4v) is 1.87. The van der Waals surface area contributed by atoms with Gasteiger partial charge in [0.2, 0.25) is 0 Å². The van der Waals surface area contributed by atoms with Crippen molar-refractivity contribution in [1.82, 2.24) is 5.32 Å². The molecule has 0 fully saturated rings. The van der Waals surface area contributed by atoms with Gasteiger partial charge in [-0.3, -0.25) is 0 Å². The van der Waals surface area contributed by atoms with Crippen LogP contribution in [0.3, 0.4) is 0 Å². The van der Waals surface area contributed by atoms with E-state index in [4.69, 9.17) is 9.84 Å². The Kier molecular flexibility index (Phi) is 6.03. The first-order chi connectivity index (χ1) is 9.45. The van der Waals surface area contributed by atoms with Gasteiger partial charge in [0.1, 0.15) is 5.70 Å². The van der Waals surface area contributed by atoms with Crippen molar-refractivity contribution in [2.75, 3.05) is 13.7 Å². The average molecular weight is 281 g/mol. The molecule has 0 heterocycles. The average Bonchev–Trinajstić information content (AvgIpc) is 2.37. The predicted molar refractivity (Wildman–Crippen MR) is 75.3 cm³/mol. The SMILES string of the molecule is CN/C(C(=O)O)=C(\C)CCCOc1ccc(C)cc1F. The first-order valence-electron chi connectivity index (χ1n) is 6.45. The highest BCUT2D eigenvalue weighted by Crippen LogP contribution is 2.18. The summed E-state index contributed by atoms with van der Waals surface area (Å²) in [6.07, 6.45) is 1.20. The maximum Gasteiger partial charge on any atom is 0.351 e.